The Morgan fingerprint density at radius 2 is 2.00 bits per heavy atom. The summed E-state index contributed by atoms with van der Waals surface area (Å²) in [6, 6.07) is 9.19. The summed E-state index contributed by atoms with van der Waals surface area (Å²) in [5.74, 6) is 0. The lowest BCUT2D eigenvalue weighted by molar-refractivity contribution is 0.512. The molecule has 0 aliphatic heterocycles. The number of rotatable bonds is 6. The van der Waals surface area contributed by atoms with Crippen LogP contribution in [0.15, 0.2) is 29.2 Å². The molecule has 0 spiro atoms. The topological polar surface area (TPSA) is 12.0 Å². The second kappa shape index (κ2) is 6.91. The Morgan fingerprint density at radius 1 is 1.27 bits per heavy atom. The Bertz CT molecular complexity index is 286. The number of hydrogen-bond acceptors (Lipinski definition) is 2. The molecule has 1 aromatic rings. The number of benzene rings is 1. The highest BCUT2D eigenvalue weighted by Crippen LogP contribution is 2.27. The average molecular weight is 223 g/mol. The first kappa shape index (κ1) is 12.6. The minimum Gasteiger partial charge on any atom is -0.310 e. The molecule has 0 saturated heterocycles. The Labute approximate surface area is 97.7 Å². The van der Waals surface area contributed by atoms with E-state index in [1.165, 1.54) is 16.9 Å². The molecule has 0 bridgehead atoms. The first-order chi connectivity index (χ1) is 7.33. The predicted octanol–water partition coefficient (Wildman–Crippen LogP) is 3.86. The van der Waals surface area contributed by atoms with Crippen LogP contribution in [0.25, 0.3) is 0 Å². The van der Waals surface area contributed by atoms with Gasteiger partial charge in [-0.3, -0.25) is 0 Å². The van der Waals surface area contributed by atoms with Crippen LogP contribution in [0.1, 0.15) is 38.3 Å². The first-order valence-corrected chi connectivity index (χ1v) is 6.92. The molecule has 0 aliphatic rings. The maximum Gasteiger partial charge on any atom is 0.0328 e. The van der Waals surface area contributed by atoms with Crippen LogP contribution in [0, 0.1) is 0 Å². The predicted molar refractivity (Wildman–Crippen MR) is 69.5 cm³/mol. The Kier molecular flexibility index (Phi) is 5.81. The third-order valence-electron chi connectivity index (χ3n) is 2.56. The molecule has 0 amide bonds. The zero-order chi connectivity index (χ0) is 11.1. The number of hydrogen-bond donors (Lipinski definition) is 1. The fourth-order valence-corrected chi connectivity index (χ4v) is 2.41. The molecule has 1 rings (SSSR count). The molecular weight excluding hydrogens is 202 g/mol. The first-order valence-electron chi connectivity index (χ1n) is 5.69. The highest BCUT2D eigenvalue weighted by atomic mass is 32.2. The van der Waals surface area contributed by atoms with Gasteiger partial charge in [-0.1, -0.05) is 32.0 Å². The van der Waals surface area contributed by atoms with E-state index in [0.29, 0.717) is 6.04 Å². The van der Waals surface area contributed by atoms with Crippen molar-refractivity contribution >= 4 is 11.8 Å². The number of thioether (sulfide) groups is 1. The monoisotopic (exact) mass is 223 g/mol. The van der Waals surface area contributed by atoms with E-state index >= 15 is 0 Å². The summed E-state index contributed by atoms with van der Waals surface area (Å²) < 4.78 is 0. The van der Waals surface area contributed by atoms with E-state index in [4.69, 9.17) is 0 Å². The van der Waals surface area contributed by atoms with E-state index in [1.54, 1.807) is 0 Å². The minimum absolute atomic E-state index is 0.508. The van der Waals surface area contributed by atoms with Crippen molar-refractivity contribution in [2.24, 2.45) is 0 Å². The summed E-state index contributed by atoms with van der Waals surface area (Å²) in [5.41, 5.74) is 1.45. The van der Waals surface area contributed by atoms with Crippen LogP contribution < -0.4 is 5.32 Å². The number of nitrogens with one attached hydrogen (secondary N) is 1. The summed E-state index contributed by atoms with van der Waals surface area (Å²) in [7, 11) is 0. The molecule has 1 unspecified atom stereocenters. The molecule has 0 aliphatic carbocycles. The molecule has 0 radical (unpaired) electrons. The lowest BCUT2D eigenvalue weighted by Crippen LogP contribution is -2.21. The van der Waals surface area contributed by atoms with Crippen molar-refractivity contribution in [3.05, 3.63) is 29.8 Å². The summed E-state index contributed by atoms with van der Waals surface area (Å²) in [6.45, 7) is 5.55. The van der Waals surface area contributed by atoms with Crippen LogP contribution in [0.5, 0.6) is 0 Å². The van der Waals surface area contributed by atoms with E-state index in [0.717, 1.165) is 13.0 Å². The standard InChI is InChI=1S/C13H21NS/c1-4-10-14-12(5-2)11-8-6-7-9-13(11)15-3/h6-9,12,14H,4-5,10H2,1-3H3. The fraction of sp³-hybridized carbons (Fsp3) is 0.538. The summed E-state index contributed by atoms with van der Waals surface area (Å²) in [4.78, 5) is 1.40. The molecule has 0 fully saturated rings. The van der Waals surface area contributed by atoms with E-state index in [9.17, 15) is 0 Å². The van der Waals surface area contributed by atoms with Gasteiger partial charge in [-0.25, -0.2) is 0 Å². The SMILES string of the molecule is CCCNC(CC)c1ccccc1SC. The Hall–Kier alpha value is -0.470. The van der Waals surface area contributed by atoms with Gasteiger partial charge in [0.25, 0.3) is 0 Å². The minimum atomic E-state index is 0.508. The van der Waals surface area contributed by atoms with Crippen molar-refractivity contribution in [1.29, 1.82) is 0 Å². The van der Waals surface area contributed by atoms with Crippen LogP contribution in [0.3, 0.4) is 0 Å². The van der Waals surface area contributed by atoms with Gasteiger partial charge in [0.1, 0.15) is 0 Å². The second-order valence-corrected chi connectivity index (χ2v) is 4.50. The molecule has 1 N–H and O–H groups in total. The van der Waals surface area contributed by atoms with Crippen LogP contribution >= 0.6 is 11.8 Å². The molecule has 0 aromatic heterocycles. The lowest BCUT2D eigenvalue weighted by atomic mass is 10.0. The molecule has 2 heteroatoms. The van der Waals surface area contributed by atoms with Gasteiger partial charge >= 0.3 is 0 Å². The van der Waals surface area contributed by atoms with Gasteiger partial charge in [-0.2, -0.15) is 0 Å². The highest BCUT2D eigenvalue weighted by molar-refractivity contribution is 7.98. The summed E-state index contributed by atoms with van der Waals surface area (Å²) in [6.07, 6.45) is 4.49. The maximum atomic E-state index is 3.60. The Morgan fingerprint density at radius 3 is 2.60 bits per heavy atom. The van der Waals surface area contributed by atoms with Gasteiger partial charge in [0, 0.05) is 10.9 Å². The van der Waals surface area contributed by atoms with Gasteiger partial charge in [0.05, 0.1) is 0 Å². The zero-order valence-corrected chi connectivity index (χ0v) is 10.7. The van der Waals surface area contributed by atoms with Crippen molar-refractivity contribution in [3.63, 3.8) is 0 Å². The molecule has 15 heavy (non-hydrogen) atoms. The van der Waals surface area contributed by atoms with Crippen LogP contribution in [-0.4, -0.2) is 12.8 Å². The second-order valence-electron chi connectivity index (χ2n) is 3.66. The third kappa shape index (κ3) is 3.54. The van der Waals surface area contributed by atoms with Crippen molar-refractivity contribution in [1.82, 2.24) is 5.32 Å². The van der Waals surface area contributed by atoms with Crippen molar-refractivity contribution in [2.75, 3.05) is 12.8 Å². The van der Waals surface area contributed by atoms with Crippen molar-refractivity contribution in [2.45, 2.75) is 37.6 Å². The lowest BCUT2D eigenvalue weighted by Gasteiger charge is -2.19. The molecule has 84 valence electrons. The van der Waals surface area contributed by atoms with Crippen LogP contribution in [0.2, 0.25) is 0 Å². The van der Waals surface area contributed by atoms with E-state index < -0.39 is 0 Å². The molecule has 1 atom stereocenters. The summed E-state index contributed by atoms with van der Waals surface area (Å²) in [5, 5.41) is 3.60. The van der Waals surface area contributed by atoms with Crippen LogP contribution in [0.4, 0.5) is 0 Å². The third-order valence-corrected chi connectivity index (χ3v) is 3.37. The molecular formula is C13H21NS. The van der Waals surface area contributed by atoms with E-state index in [-0.39, 0.29) is 0 Å². The van der Waals surface area contributed by atoms with E-state index in [2.05, 4.69) is 49.7 Å². The molecule has 1 nitrogen and oxygen atoms in total. The largest absolute Gasteiger partial charge is 0.310 e. The normalized spacial score (nSPS) is 12.7. The molecule has 0 heterocycles. The van der Waals surface area contributed by atoms with Crippen LogP contribution in [-0.2, 0) is 0 Å². The highest BCUT2D eigenvalue weighted by Gasteiger charge is 2.11. The summed E-state index contributed by atoms with van der Waals surface area (Å²) >= 11 is 1.83. The quantitative estimate of drug-likeness (QED) is 0.735. The van der Waals surface area contributed by atoms with Gasteiger partial charge in [-0.05, 0) is 37.3 Å². The van der Waals surface area contributed by atoms with Gasteiger partial charge in [-0.15, -0.1) is 11.8 Å². The smallest absolute Gasteiger partial charge is 0.0328 e. The Balaban J connectivity index is 2.80. The van der Waals surface area contributed by atoms with Gasteiger partial charge in [0.2, 0.25) is 0 Å². The molecule has 1 aromatic carbocycles. The van der Waals surface area contributed by atoms with Crippen molar-refractivity contribution < 1.29 is 0 Å². The fourth-order valence-electron chi connectivity index (χ4n) is 1.75. The van der Waals surface area contributed by atoms with Gasteiger partial charge in [0.15, 0.2) is 0 Å². The molecule has 0 saturated carbocycles. The van der Waals surface area contributed by atoms with E-state index in [1.807, 2.05) is 11.8 Å². The van der Waals surface area contributed by atoms with Gasteiger partial charge < -0.3 is 5.32 Å². The van der Waals surface area contributed by atoms with Crippen molar-refractivity contribution in [3.8, 4) is 0 Å². The zero-order valence-electron chi connectivity index (χ0n) is 9.92. The average Bonchev–Trinajstić information content (AvgIpc) is 2.30. The maximum absolute atomic E-state index is 3.60.